The van der Waals surface area contributed by atoms with Gasteiger partial charge in [0.1, 0.15) is 0 Å². The Kier molecular flexibility index (Phi) is 7.93. The van der Waals surface area contributed by atoms with Gasteiger partial charge in [-0.2, -0.15) is 4.98 Å². The van der Waals surface area contributed by atoms with E-state index in [1.807, 2.05) is 54.0 Å². The van der Waals surface area contributed by atoms with Crippen molar-refractivity contribution in [2.24, 2.45) is 14.1 Å². The third kappa shape index (κ3) is 5.73. The van der Waals surface area contributed by atoms with Crippen molar-refractivity contribution in [2.75, 3.05) is 43.5 Å². The molecule has 2 aromatic heterocycles. The number of piperazine rings is 1. The Bertz CT molecular complexity index is 1730. The Morgan fingerprint density at radius 1 is 1.00 bits per heavy atom. The molecule has 1 aliphatic rings. The number of carbonyl (C=O) groups excluding carboxylic acids is 1. The molecule has 1 saturated heterocycles. The second-order valence-corrected chi connectivity index (χ2v) is 10.6. The molecule has 0 bridgehead atoms. The van der Waals surface area contributed by atoms with Crippen molar-refractivity contribution in [3.8, 4) is 0 Å². The number of esters is 1. The van der Waals surface area contributed by atoms with Crippen LogP contribution >= 0.6 is 12.2 Å². The average Bonchev–Trinajstić information content (AvgIpc) is 3.35. The summed E-state index contributed by atoms with van der Waals surface area (Å²) in [5.74, 6) is 0.369. The lowest BCUT2D eigenvalue weighted by molar-refractivity contribution is -0.139. The van der Waals surface area contributed by atoms with Crippen LogP contribution in [-0.4, -0.2) is 68.0 Å². The Labute approximate surface area is 242 Å². The maximum Gasteiger partial charge on any atom is 0.332 e. The molecular formula is C29H33N7O4S. The number of benzene rings is 2. The first-order chi connectivity index (χ1) is 19.7. The van der Waals surface area contributed by atoms with Gasteiger partial charge in [-0.1, -0.05) is 42.0 Å². The lowest BCUT2D eigenvalue weighted by atomic mass is 10.1. The first-order valence-corrected chi connectivity index (χ1v) is 13.8. The smallest absolute Gasteiger partial charge is 0.332 e. The van der Waals surface area contributed by atoms with Crippen molar-refractivity contribution in [2.45, 2.75) is 19.9 Å². The summed E-state index contributed by atoms with van der Waals surface area (Å²) in [6.07, 6.45) is 0.220. The molecule has 0 atom stereocenters. The van der Waals surface area contributed by atoms with E-state index in [1.165, 1.54) is 18.7 Å². The SMILES string of the molecule is COC(=O)Cc1ccc(NC(=S)N2CCN(c3nc4c(c(=O)n(C)c(=O)n4C)n3Cc3cccc(C)c3)CC2)cc1. The molecule has 41 heavy (non-hydrogen) atoms. The number of rotatable bonds is 6. The van der Waals surface area contributed by atoms with Crippen LogP contribution in [0.5, 0.6) is 0 Å². The van der Waals surface area contributed by atoms with E-state index in [9.17, 15) is 14.4 Å². The number of hydrogen-bond donors (Lipinski definition) is 1. The molecule has 12 heteroatoms. The molecule has 5 rings (SSSR count). The highest BCUT2D eigenvalue weighted by atomic mass is 32.1. The van der Waals surface area contributed by atoms with Crippen LogP contribution in [0.1, 0.15) is 16.7 Å². The number of nitrogens with one attached hydrogen (secondary N) is 1. The van der Waals surface area contributed by atoms with Crippen molar-refractivity contribution in [1.29, 1.82) is 0 Å². The molecule has 1 N–H and O–H groups in total. The predicted octanol–water partition coefficient (Wildman–Crippen LogP) is 2.02. The summed E-state index contributed by atoms with van der Waals surface area (Å²) in [6.45, 7) is 5.05. The lowest BCUT2D eigenvalue weighted by Gasteiger charge is -2.36. The van der Waals surface area contributed by atoms with Gasteiger partial charge in [0.25, 0.3) is 5.56 Å². The maximum atomic E-state index is 13.3. The highest BCUT2D eigenvalue weighted by molar-refractivity contribution is 7.80. The highest BCUT2D eigenvalue weighted by Gasteiger charge is 2.26. The number of aryl methyl sites for hydroxylation is 2. The fourth-order valence-electron chi connectivity index (χ4n) is 5.08. The minimum absolute atomic E-state index is 0.220. The molecular weight excluding hydrogens is 542 g/mol. The van der Waals surface area contributed by atoms with E-state index in [0.29, 0.717) is 54.9 Å². The number of fused-ring (bicyclic) bond motifs is 1. The molecule has 0 spiro atoms. The van der Waals surface area contributed by atoms with Crippen LogP contribution < -0.4 is 21.5 Å². The fourth-order valence-corrected chi connectivity index (χ4v) is 5.38. The molecule has 4 aromatic rings. The van der Waals surface area contributed by atoms with E-state index in [4.69, 9.17) is 21.9 Å². The Morgan fingerprint density at radius 2 is 1.71 bits per heavy atom. The third-order valence-corrected chi connectivity index (χ3v) is 7.74. The molecule has 0 radical (unpaired) electrons. The minimum Gasteiger partial charge on any atom is -0.469 e. The van der Waals surface area contributed by atoms with Crippen molar-refractivity contribution >= 4 is 46.1 Å². The van der Waals surface area contributed by atoms with Gasteiger partial charge in [0.15, 0.2) is 16.3 Å². The zero-order chi connectivity index (χ0) is 29.3. The standard InChI is InChI=1S/C29H33N7O4S/c1-19-6-5-7-21(16-19)18-36-24-25(32(2)29(39)33(3)26(24)38)31-27(36)34-12-14-35(15-13-34)28(41)30-22-10-8-20(9-11-22)17-23(37)40-4/h5-11,16H,12-15,17-18H2,1-4H3,(H,30,41). The van der Waals surface area contributed by atoms with E-state index in [1.54, 1.807) is 7.05 Å². The number of anilines is 2. The van der Waals surface area contributed by atoms with Crippen LogP contribution in [0.3, 0.4) is 0 Å². The number of ether oxygens (including phenoxy) is 1. The molecule has 0 unspecified atom stereocenters. The molecule has 0 amide bonds. The quantitative estimate of drug-likeness (QED) is 0.273. The first kappa shape index (κ1) is 28.1. The summed E-state index contributed by atoms with van der Waals surface area (Å²) in [5.41, 5.74) is 3.87. The van der Waals surface area contributed by atoms with Gasteiger partial charge in [0, 0.05) is 46.0 Å². The fraction of sp³-hybridized carbons (Fsp3) is 0.345. The molecule has 0 aliphatic carbocycles. The number of carbonyl (C=O) groups is 1. The minimum atomic E-state index is -0.408. The predicted molar refractivity (Wildman–Crippen MR) is 163 cm³/mol. The van der Waals surface area contributed by atoms with Crippen LogP contribution in [0.2, 0.25) is 0 Å². The number of aromatic nitrogens is 4. The van der Waals surface area contributed by atoms with E-state index in [0.717, 1.165) is 26.9 Å². The van der Waals surface area contributed by atoms with Crippen molar-refractivity contribution in [3.05, 3.63) is 86.1 Å². The molecule has 0 saturated carbocycles. The van der Waals surface area contributed by atoms with Crippen LogP contribution in [-0.2, 0) is 36.6 Å². The van der Waals surface area contributed by atoms with Crippen LogP contribution in [0, 0.1) is 6.92 Å². The number of nitrogens with zero attached hydrogens (tertiary/aromatic N) is 6. The molecule has 214 valence electrons. The van der Waals surface area contributed by atoms with Crippen molar-refractivity contribution < 1.29 is 9.53 Å². The normalized spacial score (nSPS) is 13.5. The van der Waals surface area contributed by atoms with E-state index in [-0.39, 0.29) is 17.9 Å². The van der Waals surface area contributed by atoms with Crippen LogP contribution in [0.25, 0.3) is 11.2 Å². The van der Waals surface area contributed by atoms with E-state index >= 15 is 0 Å². The van der Waals surface area contributed by atoms with Crippen LogP contribution in [0.15, 0.2) is 58.1 Å². The topological polar surface area (TPSA) is 107 Å². The van der Waals surface area contributed by atoms with Crippen LogP contribution in [0.4, 0.5) is 11.6 Å². The summed E-state index contributed by atoms with van der Waals surface area (Å²) in [4.78, 5) is 46.5. The zero-order valence-corrected chi connectivity index (χ0v) is 24.4. The largest absolute Gasteiger partial charge is 0.469 e. The molecule has 1 aliphatic heterocycles. The lowest BCUT2D eigenvalue weighted by Crippen LogP contribution is -2.50. The number of thiocarbonyl (C=S) groups is 1. The molecule has 2 aromatic carbocycles. The van der Waals surface area contributed by atoms with E-state index in [2.05, 4.69) is 21.2 Å². The first-order valence-electron chi connectivity index (χ1n) is 13.3. The Morgan fingerprint density at radius 3 is 2.37 bits per heavy atom. The number of hydrogen-bond acceptors (Lipinski definition) is 7. The second-order valence-electron chi connectivity index (χ2n) is 10.2. The molecule has 1 fully saturated rings. The highest BCUT2D eigenvalue weighted by Crippen LogP contribution is 2.23. The third-order valence-electron chi connectivity index (χ3n) is 7.38. The van der Waals surface area contributed by atoms with Crippen molar-refractivity contribution in [3.63, 3.8) is 0 Å². The van der Waals surface area contributed by atoms with Gasteiger partial charge in [-0.15, -0.1) is 0 Å². The Hall–Kier alpha value is -4.45. The van der Waals surface area contributed by atoms with Gasteiger partial charge in [-0.05, 0) is 42.4 Å². The average molecular weight is 576 g/mol. The van der Waals surface area contributed by atoms with Gasteiger partial charge in [-0.25, -0.2) is 4.79 Å². The molecule has 3 heterocycles. The van der Waals surface area contributed by atoms with Gasteiger partial charge in [0.2, 0.25) is 5.95 Å². The Balaban J connectivity index is 1.36. The maximum absolute atomic E-state index is 13.3. The second kappa shape index (κ2) is 11.6. The van der Waals surface area contributed by atoms with Gasteiger partial charge in [-0.3, -0.25) is 23.3 Å². The summed E-state index contributed by atoms with van der Waals surface area (Å²) >= 11 is 5.69. The van der Waals surface area contributed by atoms with Gasteiger partial charge < -0.3 is 19.9 Å². The van der Waals surface area contributed by atoms with E-state index < -0.39 is 5.69 Å². The van der Waals surface area contributed by atoms with Crippen molar-refractivity contribution in [1.82, 2.24) is 23.6 Å². The monoisotopic (exact) mass is 575 g/mol. The number of imidazole rings is 1. The van der Waals surface area contributed by atoms with Gasteiger partial charge >= 0.3 is 11.7 Å². The summed E-state index contributed by atoms with van der Waals surface area (Å²) in [6, 6.07) is 15.7. The zero-order valence-electron chi connectivity index (χ0n) is 23.6. The summed E-state index contributed by atoms with van der Waals surface area (Å²) in [5, 5.41) is 3.89. The molecule has 11 nitrogen and oxygen atoms in total. The summed E-state index contributed by atoms with van der Waals surface area (Å²) in [7, 11) is 4.51. The van der Waals surface area contributed by atoms with Gasteiger partial charge in [0.05, 0.1) is 20.1 Å². The number of methoxy groups -OCH3 is 1. The summed E-state index contributed by atoms with van der Waals surface area (Å²) < 4.78 is 9.21.